The van der Waals surface area contributed by atoms with Crippen molar-refractivity contribution in [1.82, 2.24) is 0 Å². The molecule has 4 nitrogen and oxygen atoms in total. The van der Waals surface area contributed by atoms with Gasteiger partial charge >= 0.3 is 0 Å². The van der Waals surface area contributed by atoms with Gasteiger partial charge < -0.3 is 19.1 Å². The highest BCUT2D eigenvalue weighted by Crippen LogP contribution is 2.38. The largest absolute Gasteiger partial charge is 0.407 e. The van der Waals surface area contributed by atoms with E-state index in [1.807, 2.05) is 19.1 Å². The van der Waals surface area contributed by atoms with E-state index in [0.717, 1.165) is 12.8 Å². The zero-order chi connectivity index (χ0) is 37.1. The topological polar surface area (TPSA) is 58.9 Å². The average molecular weight is 723 g/mol. The lowest BCUT2D eigenvalue weighted by Gasteiger charge is -2.44. The van der Waals surface area contributed by atoms with Crippen LogP contribution >= 0.6 is 0 Å². The minimum Gasteiger partial charge on any atom is -0.407 e. The van der Waals surface area contributed by atoms with Crippen LogP contribution in [0.25, 0.3) is 0 Å². The van der Waals surface area contributed by atoms with Crippen LogP contribution in [0.3, 0.4) is 0 Å². The lowest BCUT2D eigenvalue weighted by Crippen LogP contribution is -2.67. The van der Waals surface area contributed by atoms with Crippen LogP contribution in [0.2, 0.25) is 10.1 Å². The maximum atomic E-state index is 11.4. The second-order valence-electron chi connectivity index (χ2n) is 16.3. The first kappa shape index (κ1) is 40.7. The quantitative estimate of drug-likeness (QED) is 0.0663. The Morgan fingerprint density at radius 1 is 0.549 bits per heavy atom. The molecule has 4 rings (SSSR count). The molecule has 0 spiro atoms. The minimum atomic E-state index is -2.69. The van der Waals surface area contributed by atoms with Gasteiger partial charge in [-0.15, -0.1) is 0 Å². The van der Waals surface area contributed by atoms with E-state index in [2.05, 4.69) is 170 Å². The van der Waals surface area contributed by atoms with Gasteiger partial charge in [0.05, 0.1) is 12.2 Å². The van der Waals surface area contributed by atoms with Crippen molar-refractivity contribution in [2.24, 2.45) is 11.8 Å². The molecule has 0 radical (unpaired) electrons. The molecule has 6 heteroatoms. The number of hydrogen-bond donors (Lipinski definition) is 2. The maximum Gasteiger partial charge on any atom is 0.261 e. The van der Waals surface area contributed by atoms with Crippen molar-refractivity contribution in [3.63, 3.8) is 0 Å². The van der Waals surface area contributed by atoms with Crippen LogP contribution in [0.1, 0.15) is 74.7 Å². The van der Waals surface area contributed by atoms with Crippen LogP contribution in [0.5, 0.6) is 0 Å². The van der Waals surface area contributed by atoms with Crippen molar-refractivity contribution in [2.75, 3.05) is 13.2 Å². The van der Waals surface area contributed by atoms with Crippen LogP contribution < -0.4 is 20.7 Å². The van der Waals surface area contributed by atoms with Gasteiger partial charge in [0.2, 0.25) is 0 Å². The van der Waals surface area contributed by atoms with Crippen LogP contribution in [-0.4, -0.2) is 52.3 Å². The van der Waals surface area contributed by atoms with E-state index in [4.69, 9.17) is 8.85 Å². The first-order valence-corrected chi connectivity index (χ1v) is 22.6. The molecule has 274 valence electrons. The summed E-state index contributed by atoms with van der Waals surface area (Å²) in [6.07, 6.45) is 5.01. The molecule has 4 aromatic rings. The lowest BCUT2D eigenvalue weighted by molar-refractivity contribution is 0.0545. The van der Waals surface area contributed by atoms with E-state index in [1.165, 1.54) is 20.7 Å². The van der Waals surface area contributed by atoms with Gasteiger partial charge in [-0.1, -0.05) is 189 Å². The summed E-state index contributed by atoms with van der Waals surface area (Å²) in [5, 5.41) is 27.2. The molecule has 0 saturated heterocycles. The van der Waals surface area contributed by atoms with Crippen LogP contribution in [0.4, 0.5) is 0 Å². The van der Waals surface area contributed by atoms with E-state index in [9.17, 15) is 10.2 Å². The molecule has 0 aromatic heterocycles. The van der Waals surface area contributed by atoms with Gasteiger partial charge in [0, 0.05) is 25.0 Å². The molecule has 0 unspecified atom stereocenters. The molecule has 0 amide bonds. The van der Waals surface area contributed by atoms with E-state index in [-0.39, 0.29) is 21.9 Å². The Morgan fingerprint density at radius 2 is 0.922 bits per heavy atom. The third kappa shape index (κ3) is 9.66. The first-order valence-electron chi connectivity index (χ1n) is 18.8. The summed E-state index contributed by atoms with van der Waals surface area (Å²) < 4.78 is 14.1. The molecule has 2 N–H and O–H groups in total. The average Bonchev–Trinajstić information content (AvgIpc) is 3.12. The number of rotatable bonds is 17. The highest BCUT2D eigenvalue weighted by atomic mass is 28.4. The molecule has 0 fully saturated rings. The predicted octanol–water partition coefficient (Wildman–Crippen LogP) is 7.86. The number of unbranched alkanes of at least 4 members (excludes halogenated alkanes) is 1. The Balaban J connectivity index is 1.34. The number of hydrogen-bond acceptors (Lipinski definition) is 4. The van der Waals surface area contributed by atoms with Crippen molar-refractivity contribution >= 4 is 37.4 Å². The van der Waals surface area contributed by atoms with Gasteiger partial charge in [-0.2, -0.15) is 0 Å². The highest BCUT2D eigenvalue weighted by molar-refractivity contribution is 7.00. The predicted molar refractivity (Wildman–Crippen MR) is 220 cm³/mol. The van der Waals surface area contributed by atoms with Crippen molar-refractivity contribution in [3.05, 3.63) is 133 Å². The van der Waals surface area contributed by atoms with Crippen LogP contribution in [-0.2, 0) is 8.85 Å². The van der Waals surface area contributed by atoms with Crippen molar-refractivity contribution < 1.29 is 19.1 Å². The highest BCUT2D eigenvalue weighted by Gasteiger charge is 2.51. The van der Waals surface area contributed by atoms with Gasteiger partial charge in [-0.3, -0.25) is 0 Å². The van der Waals surface area contributed by atoms with E-state index in [0.29, 0.717) is 19.6 Å². The molecule has 0 heterocycles. The van der Waals surface area contributed by atoms with Crippen LogP contribution in [0.15, 0.2) is 133 Å². The summed E-state index contributed by atoms with van der Waals surface area (Å²) in [7, 11) is -5.25. The Morgan fingerprint density at radius 3 is 1.29 bits per heavy atom. The first-order chi connectivity index (χ1) is 24.2. The molecule has 0 aliphatic heterocycles. The molecule has 4 atom stereocenters. The van der Waals surface area contributed by atoms with Gasteiger partial charge in [-0.05, 0) is 50.1 Å². The fourth-order valence-corrected chi connectivity index (χ4v) is 16.9. The molecular formula is C45H62O4Si2. The number of aliphatic hydroxyl groups is 2. The molecule has 0 bridgehead atoms. The molecule has 0 saturated carbocycles. The molecule has 4 aromatic carbocycles. The van der Waals surface area contributed by atoms with E-state index >= 15 is 0 Å². The van der Waals surface area contributed by atoms with E-state index in [1.54, 1.807) is 0 Å². The fourth-order valence-electron chi connectivity index (χ4n) is 7.59. The smallest absolute Gasteiger partial charge is 0.261 e. The molecular weight excluding hydrogens is 661 g/mol. The summed E-state index contributed by atoms with van der Waals surface area (Å²) >= 11 is 0. The Hall–Kier alpha value is -3.11. The minimum absolute atomic E-state index is 0.0589. The zero-order valence-corrected chi connectivity index (χ0v) is 34.3. The summed E-state index contributed by atoms with van der Waals surface area (Å²) in [4.78, 5) is 0. The second-order valence-corrected chi connectivity index (χ2v) is 24.9. The third-order valence-electron chi connectivity index (χ3n) is 10.4. The Kier molecular flexibility index (Phi) is 14.4. The fraction of sp³-hybridized carbons (Fsp3) is 0.422. The van der Waals surface area contributed by atoms with Crippen molar-refractivity contribution in [3.8, 4) is 0 Å². The van der Waals surface area contributed by atoms with Crippen molar-refractivity contribution in [1.29, 1.82) is 0 Å². The monoisotopic (exact) mass is 722 g/mol. The Bertz CT molecular complexity index is 1520. The second kappa shape index (κ2) is 18.1. The van der Waals surface area contributed by atoms with Crippen LogP contribution in [0, 0.1) is 11.8 Å². The van der Waals surface area contributed by atoms with Gasteiger partial charge in [0.1, 0.15) is 0 Å². The summed E-state index contributed by atoms with van der Waals surface area (Å²) in [6.45, 7) is 18.9. The van der Waals surface area contributed by atoms with Gasteiger partial charge in [0.25, 0.3) is 16.6 Å². The molecule has 0 aliphatic carbocycles. The summed E-state index contributed by atoms with van der Waals surface area (Å²) in [5.74, 6) is -0.224. The lowest BCUT2D eigenvalue weighted by atomic mass is 9.93. The number of aliphatic hydroxyl groups excluding tert-OH is 2. The number of benzene rings is 4. The summed E-state index contributed by atoms with van der Waals surface area (Å²) in [6, 6.07) is 42.7. The molecule has 0 aliphatic rings. The third-order valence-corrected chi connectivity index (χ3v) is 20.4. The molecule has 51 heavy (non-hydrogen) atoms. The van der Waals surface area contributed by atoms with Gasteiger partial charge in [0.15, 0.2) is 0 Å². The normalized spacial score (nSPS) is 15.4. The Labute approximate surface area is 310 Å². The van der Waals surface area contributed by atoms with Gasteiger partial charge in [-0.25, -0.2) is 0 Å². The SMILES string of the molecule is C[C@H](C=C[C@H](O)CCCCO[Si](c1ccccc1)(c1ccccc1)C(C)(C)C)[C@H](O)[C@@H](C)CO[Si](c1ccccc1)(c1ccccc1)C(C)(C)C. The van der Waals surface area contributed by atoms with Crippen molar-refractivity contribution in [2.45, 2.75) is 96.9 Å². The zero-order valence-electron chi connectivity index (χ0n) is 32.3. The summed E-state index contributed by atoms with van der Waals surface area (Å²) in [5.41, 5.74) is 0. The standard InChI is InChI=1S/C45H62O4Si2/c1-36(43(47)37(2)35-49-51(45(6,7)8,41-28-17-11-18-29-41)42-30-19-12-20-31-42)32-33-38(46)23-21-22-34-48-50(44(3,4)5,39-24-13-9-14-25-39)40-26-15-10-16-27-40/h9-20,24-33,36-38,43,46-47H,21-23,34-35H2,1-8H3/t36-,37+,38-,43+/m1/s1. The maximum absolute atomic E-state index is 11.4. The van der Waals surface area contributed by atoms with E-state index < -0.39 is 28.8 Å².